The zero-order valence-corrected chi connectivity index (χ0v) is 8.05. The molecule has 3 atom stereocenters. The standard InChI is InChI=1S/C9H14N2S/c1-2-6-7(5-8(6)10)9-11-3-4-12-9/h3-4,6-8H,2,5,10H2,1H3. The summed E-state index contributed by atoms with van der Waals surface area (Å²) in [5, 5.41) is 3.33. The van der Waals surface area contributed by atoms with E-state index in [0.717, 1.165) is 6.42 Å². The van der Waals surface area contributed by atoms with E-state index in [4.69, 9.17) is 5.73 Å². The Balaban J connectivity index is 2.08. The van der Waals surface area contributed by atoms with Crippen LogP contribution in [-0.2, 0) is 0 Å². The number of thiazole rings is 1. The Morgan fingerprint density at radius 2 is 2.58 bits per heavy atom. The van der Waals surface area contributed by atoms with E-state index in [-0.39, 0.29) is 0 Å². The number of nitrogens with zero attached hydrogens (tertiary/aromatic N) is 1. The first kappa shape index (κ1) is 8.20. The van der Waals surface area contributed by atoms with Crippen LogP contribution in [0.1, 0.15) is 30.7 Å². The van der Waals surface area contributed by atoms with Crippen LogP contribution in [0.15, 0.2) is 11.6 Å². The highest BCUT2D eigenvalue weighted by atomic mass is 32.1. The molecule has 1 aliphatic rings. The molecule has 1 fully saturated rings. The Labute approximate surface area is 76.8 Å². The van der Waals surface area contributed by atoms with Crippen molar-refractivity contribution in [2.45, 2.75) is 31.7 Å². The van der Waals surface area contributed by atoms with Crippen molar-refractivity contribution in [3.05, 3.63) is 16.6 Å². The lowest BCUT2D eigenvalue weighted by Crippen LogP contribution is -2.45. The van der Waals surface area contributed by atoms with Crippen LogP contribution in [0.25, 0.3) is 0 Å². The lowest BCUT2D eigenvalue weighted by atomic mass is 9.68. The van der Waals surface area contributed by atoms with E-state index in [1.165, 1.54) is 11.4 Å². The van der Waals surface area contributed by atoms with Crippen molar-refractivity contribution >= 4 is 11.3 Å². The normalized spacial score (nSPS) is 34.7. The van der Waals surface area contributed by atoms with Crippen LogP contribution < -0.4 is 5.73 Å². The minimum atomic E-state index is 0.420. The zero-order chi connectivity index (χ0) is 8.55. The van der Waals surface area contributed by atoms with Crippen LogP contribution >= 0.6 is 11.3 Å². The van der Waals surface area contributed by atoms with Gasteiger partial charge in [-0.2, -0.15) is 0 Å². The molecule has 3 heteroatoms. The molecule has 0 spiro atoms. The van der Waals surface area contributed by atoms with Crippen molar-refractivity contribution in [3.63, 3.8) is 0 Å². The summed E-state index contributed by atoms with van der Waals surface area (Å²) in [7, 11) is 0. The topological polar surface area (TPSA) is 38.9 Å². The summed E-state index contributed by atoms with van der Waals surface area (Å²) in [6.07, 6.45) is 4.20. The summed E-state index contributed by atoms with van der Waals surface area (Å²) in [6.45, 7) is 2.21. The molecule has 0 radical (unpaired) electrons. The minimum absolute atomic E-state index is 0.420. The summed E-state index contributed by atoms with van der Waals surface area (Å²) in [6, 6.07) is 0.420. The van der Waals surface area contributed by atoms with E-state index in [0.29, 0.717) is 17.9 Å². The van der Waals surface area contributed by atoms with Crippen molar-refractivity contribution in [2.75, 3.05) is 0 Å². The molecule has 0 aliphatic heterocycles. The SMILES string of the molecule is CCC1C(N)CC1c1nccs1. The van der Waals surface area contributed by atoms with Crippen LogP contribution in [-0.4, -0.2) is 11.0 Å². The second kappa shape index (κ2) is 3.15. The molecule has 1 heterocycles. The summed E-state index contributed by atoms with van der Waals surface area (Å²) in [5.41, 5.74) is 5.91. The molecule has 1 aromatic heterocycles. The van der Waals surface area contributed by atoms with Crippen LogP contribution in [0.3, 0.4) is 0 Å². The molecule has 1 saturated carbocycles. The molecule has 0 saturated heterocycles. The predicted octanol–water partition coefficient (Wildman–Crippen LogP) is 1.98. The van der Waals surface area contributed by atoms with Crippen molar-refractivity contribution in [3.8, 4) is 0 Å². The summed E-state index contributed by atoms with van der Waals surface area (Å²) in [4.78, 5) is 4.33. The maximum Gasteiger partial charge on any atom is 0.0959 e. The average molecular weight is 182 g/mol. The summed E-state index contributed by atoms with van der Waals surface area (Å²) in [5.74, 6) is 1.33. The van der Waals surface area contributed by atoms with E-state index in [9.17, 15) is 0 Å². The molecule has 3 unspecified atom stereocenters. The van der Waals surface area contributed by atoms with Crippen LogP contribution in [0, 0.1) is 5.92 Å². The van der Waals surface area contributed by atoms with Crippen LogP contribution in [0.5, 0.6) is 0 Å². The highest BCUT2D eigenvalue weighted by Gasteiger charge is 2.39. The van der Waals surface area contributed by atoms with Gasteiger partial charge in [-0.1, -0.05) is 13.3 Å². The van der Waals surface area contributed by atoms with E-state index in [1.54, 1.807) is 11.3 Å². The van der Waals surface area contributed by atoms with Crippen molar-refractivity contribution in [1.82, 2.24) is 4.98 Å². The molecule has 1 aliphatic carbocycles. The molecule has 0 aromatic carbocycles. The van der Waals surface area contributed by atoms with Gasteiger partial charge >= 0.3 is 0 Å². The third-order valence-electron chi connectivity index (χ3n) is 2.83. The quantitative estimate of drug-likeness (QED) is 0.759. The fraction of sp³-hybridized carbons (Fsp3) is 0.667. The first-order chi connectivity index (χ1) is 5.83. The molecule has 2 rings (SSSR count). The second-order valence-corrected chi connectivity index (χ2v) is 4.37. The highest BCUT2D eigenvalue weighted by molar-refractivity contribution is 7.09. The molecule has 12 heavy (non-hydrogen) atoms. The van der Waals surface area contributed by atoms with Gasteiger partial charge in [0.05, 0.1) is 5.01 Å². The lowest BCUT2D eigenvalue weighted by molar-refractivity contribution is 0.198. The van der Waals surface area contributed by atoms with Crippen LogP contribution in [0.4, 0.5) is 0 Å². The first-order valence-corrected chi connectivity index (χ1v) is 5.36. The monoisotopic (exact) mass is 182 g/mol. The largest absolute Gasteiger partial charge is 0.327 e. The van der Waals surface area contributed by atoms with Gasteiger partial charge in [0.25, 0.3) is 0 Å². The van der Waals surface area contributed by atoms with Gasteiger partial charge in [0.1, 0.15) is 0 Å². The van der Waals surface area contributed by atoms with Crippen molar-refractivity contribution < 1.29 is 0 Å². The van der Waals surface area contributed by atoms with E-state index < -0.39 is 0 Å². The van der Waals surface area contributed by atoms with E-state index >= 15 is 0 Å². The number of hydrogen-bond donors (Lipinski definition) is 1. The van der Waals surface area contributed by atoms with Gasteiger partial charge in [0.2, 0.25) is 0 Å². The fourth-order valence-electron chi connectivity index (χ4n) is 2.03. The smallest absolute Gasteiger partial charge is 0.0959 e. The molecule has 2 nitrogen and oxygen atoms in total. The Hall–Kier alpha value is -0.410. The van der Waals surface area contributed by atoms with Gasteiger partial charge in [-0.25, -0.2) is 4.98 Å². The molecule has 2 N–H and O–H groups in total. The lowest BCUT2D eigenvalue weighted by Gasteiger charge is -2.41. The number of aromatic nitrogens is 1. The number of nitrogens with two attached hydrogens (primary N) is 1. The Morgan fingerprint density at radius 3 is 3.08 bits per heavy atom. The van der Waals surface area contributed by atoms with Crippen LogP contribution in [0.2, 0.25) is 0 Å². The summed E-state index contributed by atoms with van der Waals surface area (Å²) >= 11 is 1.76. The van der Waals surface area contributed by atoms with E-state index in [1.807, 2.05) is 11.6 Å². The van der Waals surface area contributed by atoms with Gasteiger partial charge in [0, 0.05) is 23.5 Å². The maximum atomic E-state index is 5.91. The zero-order valence-electron chi connectivity index (χ0n) is 7.23. The van der Waals surface area contributed by atoms with Gasteiger partial charge in [-0.3, -0.25) is 0 Å². The molecule has 1 aromatic rings. The van der Waals surface area contributed by atoms with E-state index in [2.05, 4.69) is 11.9 Å². The number of hydrogen-bond acceptors (Lipinski definition) is 3. The molecule has 0 amide bonds. The number of rotatable bonds is 2. The predicted molar refractivity (Wildman–Crippen MR) is 51.2 cm³/mol. The van der Waals surface area contributed by atoms with Crippen molar-refractivity contribution in [2.24, 2.45) is 11.7 Å². The van der Waals surface area contributed by atoms with Gasteiger partial charge in [-0.15, -0.1) is 11.3 Å². The van der Waals surface area contributed by atoms with Crippen molar-refractivity contribution in [1.29, 1.82) is 0 Å². The molecule has 0 bridgehead atoms. The van der Waals surface area contributed by atoms with Gasteiger partial charge in [-0.05, 0) is 12.3 Å². The third-order valence-corrected chi connectivity index (χ3v) is 3.74. The van der Waals surface area contributed by atoms with Gasteiger partial charge < -0.3 is 5.73 Å². The fourth-order valence-corrected chi connectivity index (χ4v) is 2.86. The average Bonchev–Trinajstić information content (AvgIpc) is 2.52. The maximum absolute atomic E-state index is 5.91. The Bertz CT molecular complexity index is 245. The minimum Gasteiger partial charge on any atom is -0.327 e. The van der Waals surface area contributed by atoms with Gasteiger partial charge in [0.15, 0.2) is 0 Å². The third kappa shape index (κ3) is 1.17. The Morgan fingerprint density at radius 1 is 1.75 bits per heavy atom. The second-order valence-electron chi connectivity index (χ2n) is 3.45. The molecular weight excluding hydrogens is 168 g/mol. The molecule has 66 valence electrons. The molecular formula is C9H14N2S. The highest BCUT2D eigenvalue weighted by Crippen LogP contribution is 2.43. The summed E-state index contributed by atoms with van der Waals surface area (Å²) < 4.78 is 0. The Kier molecular flexibility index (Phi) is 2.15. The first-order valence-electron chi connectivity index (χ1n) is 4.48.